The van der Waals surface area contributed by atoms with Gasteiger partial charge in [-0.25, -0.2) is 9.37 Å². The molecule has 1 saturated carbocycles. The van der Waals surface area contributed by atoms with E-state index in [4.69, 9.17) is 4.98 Å². The summed E-state index contributed by atoms with van der Waals surface area (Å²) in [7, 11) is 0. The third kappa shape index (κ3) is 3.06. The smallest absolute Gasteiger partial charge is 0.253 e. The van der Waals surface area contributed by atoms with Gasteiger partial charge in [-0.05, 0) is 49.2 Å². The minimum absolute atomic E-state index is 0.00673. The summed E-state index contributed by atoms with van der Waals surface area (Å²) in [6, 6.07) is 12.8. The van der Waals surface area contributed by atoms with Crippen LogP contribution in [0.1, 0.15) is 38.1 Å². The summed E-state index contributed by atoms with van der Waals surface area (Å²) in [5.74, 6) is -0.0789. The normalized spacial score (nSPS) is 19.1. The fraction of sp³-hybridized carbons (Fsp3) is 0.318. The SMILES string of the molecule is O=C(CC1C(=O)N(C2CCCC2)c2nc3ccccc3n21)Nc1ccc(F)cc1. The Hall–Kier alpha value is -3.22. The van der Waals surface area contributed by atoms with Crippen molar-refractivity contribution in [2.45, 2.75) is 44.2 Å². The lowest BCUT2D eigenvalue weighted by Crippen LogP contribution is -2.38. The minimum atomic E-state index is -0.626. The number of fused-ring (bicyclic) bond motifs is 3. The summed E-state index contributed by atoms with van der Waals surface area (Å²) in [5.41, 5.74) is 2.18. The van der Waals surface area contributed by atoms with E-state index >= 15 is 0 Å². The van der Waals surface area contributed by atoms with E-state index in [9.17, 15) is 14.0 Å². The summed E-state index contributed by atoms with van der Waals surface area (Å²) in [6.45, 7) is 0. The summed E-state index contributed by atoms with van der Waals surface area (Å²) < 4.78 is 15.0. The van der Waals surface area contributed by atoms with Crippen molar-refractivity contribution in [2.24, 2.45) is 0 Å². The van der Waals surface area contributed by atoms with Crippen molar-refractivity contribution in [3.8, 4) is 0 Å². The van der Waals surface area contributed by atoms with Crippen LogP contribution in [0.2, 0.25) is 0 Å². The van der Waals surface area contributed by atoms with Crippen molar-refractivity contribution in [2.75, 3.05) is 10.2 Å². The van der Waals surface area contributed by atoms with Gasteiger partial charge in [0.1, 0.15) is 11.9 Å². The zero-order chi connectivity index (χ0) is 20.0. The number of benzene rings is 2. The van der Waals surface area contributed by atoms with Crippen LogP contribution < -0.4 is 10.2 Å². The fourth-order valence-electron chi connectivity index (χ4n) is 4.48. The summed E-state index contributed by atoms with van der Waals surface area (Å²) in [5, 5.41) is 2.76. The van der Waals surface area contributed by atoms with Crippen LogP contribution in [0.15, 0.2) is 48.5 Å². The molecule has 1 aliphatic carbocycles. The molecule has 1 aromatic heterocycles. The molecular formula is C22H21FN4O2. The number of para-hydroxylation sites is 2. The highest BCUT2D eigenvalue weighted by molar-refractivity contribution is 6.05. The largest absolute Gasteiger partial charge is 0.326 e. The molecule has 2 heterocycles. The van der Waals surface area contributed by atoms with Crippen LogP contribution in [0, 0.1) is 5.82 Å². The number of carbonyl (C=O) groups is 2. The van der Waals surface area contributed by atoms with Gasteiger partial charge in [0, 0.05) is 11.7 Å². The first-order valence-electron chi connectivity index (χ1n) is 9.97. The van der Waals surface area contributed by atoms with E-state index in [2.05, 4.69) is 5.32 Å². The number of nitrogens with zero attached hydrogens (tertiary/aromatic N) is 3. The van der Waals surface area contributed by atoms with Gasteiger partial charge in [-0.3, -0.25) is 19.1 Å². The number of carbonyl (C=O) groups excluding carboxylic acids is 2. The zero-order valence-electron chi connectivity index (χ0n) is 15.8. The number of imidazole rings is 1. The maximum atomic E-state index is 13.3. The Morgan fingerprint density at radius 3 is 2.59 bits per heavy atom. The standard InChI is InChI=1S/C22H21FN4O2/c23-14-9-11-15(12-10-14)24-20(28)13-19-21(29)26(16-5-1-2-6-16)22-25-17-7-3-4-8-18(17)27(19)22/h3-4,7-12,16,19H,1-2,5-6,13H2,(H,24,28). The molecule has 6 nitrogen and oxygen atoms in total. The molecule has 1 fully saturated rings. The molecule has 7 heteroatoms. The molecule has 148 valence electrons. The van der Waals surface area contributed by atoms with Crippen LogP contribution in [-0.4, -0.2) is 27.4 Å². The summed E-state index contributed by atoms with van der Waals surface area (Å²) in [6.07, 6.45) is 4.13. The fourth-order valence-corrected chi connectivity index (χ4v) is 4.48. The van der Waals surface area contributed by atoms with Gasteiger partial charge in [0.05, 0.1) is 17.5 Å². The topological polar surface area (TPSA) is 67.2 Å². The van der Waals surface area contributed by atoms with E-state index in [-0.39, 0.29) is 30.1 Å². The lowest BCUT2D eigenvalue weighted by atomic mass is 10.1. The second kappa shape index (κ2) is 6.99. The van der Waals surface area contributed by atoms with Gasteiger partial charge in [-0.1, -0.05) is 25.0 Å². The van der Waals surface area contributed by atoms with E-state index in [1.165, 1.54) is 24.3 Å². The molecule has 29 heavy (non-hydrogen) atoms. The first kappa shape index (κ1) is 17.8. The number of hydrogen-bond donors (Lipinski definition) is 1. The van der Waals surface area contributed by atoms with Gasteiger partial charge in [0.25, 0.3) is 5.91 Å². The predicted octanol–water partition coefficient (Wildman–Crippen LogP) is 4.03. The van der Waals surface area contributed by atoms with Crippen LogP contribution in [0.4, 0.5) is 16.0 Å². The van der Waals surface area contributed by atoms with E-state index in [1.54, 1.807) is 0 Å². The Morgan fingerprint density at radius 1 is 1.10 bits per heavy atom. The van der Waals surface area contributed by atoms with Crippen molar-refractivity contribution in [3.63, 3.8) is 0 Å². The molecule has 3 aromatic rings. The first-order valence-corrected chi connectivity index (χ1v) is 9.97. The number of rotatable bonds is 4. The van der Waals surface area contributed by atoms with Gasteiger partial charge in [-0.15, -0.1) is 0 Å². The van der Waals surface area contributed by atoms with Gasteiger partial charge in [0.2, 0.25) is 11.9 Å². The number of aromatic nitrogens is 2. The van der Waals surface area contributed by atoms with Gasteiger partial charge < -0.3 is 5.32 Å². The average Bonchev–Trinajstić information content (AvgIpc) is 3.41. The van der Waals surface area contributed by atoms with Crippen LogP contribution in [0.25, 0.3) is 11.0 Å². The van der Waals surface area contributed by atoms with Crippen molar-refractivity contribution in [1.29, 1.82) is 0 Å². The molecule has 0 spiro atoms. The zero-order valence-corrected chi connectivity index (χ0v) is 15.8. The second-order valence-electron chi connectivity index (χ2n) is 7.69. The minimum Gasteiger partial charge on any atom is -0.326 e. The molecule has 0 radical (unpaired) electrons. The monoisotopic (exact) mass is 392 g/mol. The Kier molecular flexibility index (Phi) is 4.30. The summed E-state index contributed by atoms with van der Waals surface area (Å²) >= 11 is 0. The van der Waals surface area contributed by atoms with Crippen LogP contribution in [0.3, 0.4) is 0 Å². The Balaban J connectivity index is 1.47. The quantitative estimate of drug-likeness (QED) is 0.729. The molecule has 1 atom stereocenters. The second-order valence-corrected chi connectivity index (χ2v) is 7.69. The third-order valence-corrected chi connectivity index (χ3v) is 5.82. The Labute approximate surface area is 167 Å². The van der Waals surface area contributed by atoms with Crippen LogP contribution >= 0.6 is 0 Å². The number of amides is 2. The number of nitrogens with one attached hydrogen (secondary N) is 1. The molecule has 5 rings (SSSR count). The van der Waals surface area contributed by atoms with E-state index in [1.807, 2.05) is 33.7 Å². The van der Waals surface area contributed by atoms with Crippen molar-refractivity contribution < 1.29 is 14.0 Å². The highest BCUT2D eigenvalue weighted by Gasteiger charge is 2.44. The first-order chi connectivity index (χ1) is 14.1. The van der Waals surface area contributed by atoms with Crippen LogP contribution in [-0.2, 0) is 9.59 Å². The number of hydrogen-bond acceptors (Lipinski definition) is 3. The molecular weight excluding hydrogens is 371 g/mol. The average molecular weight is 392 g/mol. The lowest BCUT2D eigenvalue weighted by molar-refractivity contribution is -0.125. The number of anilines is 2. The molecule has 2 aromatic carbocycles. The van der Waals surface area contributed by atoms with Gasteiger partial charge >= 0.3 is 0 Å². The molecule has 2 amide bonds. The summed E-state index contributed by atoms with van der Waals surface area (Å²) in [4.78, 5) is 32.5. The molecule has 0 bridgehead atoms. The van der Waals surface area contributed by atoms with E-state index in [0.29, 0.717) is 11.6 Å². The molecule has 2 aliphatic rings. The van der Waals surface area contributed by atoms with Crippen molar-refractivity contribution in [3.05, 3.63) is 54.3 Å². The highest BCUT2D eigenvalue weighted by Crippen LogP contribution is 2.40. The highest BCUT2D eigenvalue weighted by atomic mass is 19.1. The molecule has 1 unspecified atom stereocenters. The maximum absolute atomic E-state index is 13.3. The van der Waals surface area contributed by atoms with E-state index < -0.39 is 6.04 Å². The Bertz CT molecular complexity index is 1090. The van der Waals surface area contributed by atoms with E-state index in [0.717, 1.165) is 36.7 Å². The maximum Gasteiger partial charge on any atom is 0.253 e. The van der Waals surface area contributed by atoms with Gasteiger partial charge in [0.15, 0.2) is 0 Å². The number of halogens is 1. The van der Waals surface area contributed by atoms with Crippen molar-refractivity contribution in [1.82, 2.24) is 9.55 Å². The molecule has 1 N–H and O–H groups in total. The van der Waals surface area contributed by atoms with Crippen molar-refractivity contribution >= 4 is 34.5 Å². The molecule has 0 saturated heterocycles. The molecule has 1 aliphatic heterocycles. The van der Waals surface area contributed by atoms with Crippen LogP contribution in [0.5, 0.6) is 0 Å². The lowest BCUT2D eigenvalue weighted by Gasteiger charge is -2.22. The predicted molar refractivity (Wildman–Crippen MR) is 108 cm³/mol. The van der Waals surface area contributed by atoms with Gasteiger partial charge in [-0.2, -0.15) is 0 Å². The Morgan fingerprint density at radius 2 is 1.83 bits per heavy atom. The third-order valence-electron chi connectivity index (χ3n) is 5.82.